The highest BCUT2D eigenvalue weighted by molar-refractivity contribution is 5.33. The summed E-state index contributed by atoms with van der Waals surface area (Å²) < 4.78 is 6.04. The first-order chi connectivity index (χ1) is 8.65. The van der Waals surface area contributed by atoms with E-state index >= 15 is 0 Å². The molecule has 0 saturated heterocycles. The Labute approximate surface area is 110 Å². The first-order valence-corrected chi connectivity index (χ1v) is 6.98. The molecule has 1 aliphatic rings. The molecule has 100 valence electrons. The lowest BCUT2D eigenvalue weighted by molar-refractivity contribution is 0.118. The fourth-order valence-corrected chi connectivity index (χ4v) is 1.97. The maximum Gasteiger partial charge on any atom is 0.127 e. The maximum atomic E-state index is 6.04. The maximum absolute atomic E-state index is 6.04. The highest BCUT2D eigenvalue weighted by Crippen LogP contribution is 2.27. The van der Waals surface area contributed by atoms with Crippen LogP contribution < -0.4 is 10.1 Å². The summed E-state index contributed by atoms with van der Waals surface area (Å²) in [5.74, 6) is 1.68. The van der Waals surface area contributed by atoms with Crippen LogP contribution in [0, 0.1) is 12.8 Å². The van der Waals surface area contributed by atoms with Gasteiger partial charge < -0.3 is 10.1 Å². The Morgan fingerprint density at radius 3 is 2.83 bits per heavy atom. The van der Waals surface area contributed by atoms with E-state index in [1.165, 1.54) is 24.8 Å². The molecule has 0 bridgehead atoms. The van der Waals surface area contributed by atoms with Crippen LogP contribution in [0.3, 0.4) is 0 Å². The quantitative estimate of drug-likeness (QED) is 0.840. The number of ether oxygens (including phenoxy) is 1. The topological polar surface area (TPSA) is 34.1 Å². The van der Waals surface area contributed by atoms with Crippen molar-refractivity contribution < 1.29 is 4.74 Å². The van der Waals surface area contributed by atoms with Crippen molar-refractivity contribution in [1.29, 1.82) is 0 Å². The van der Waals surface area contributed by atoms with Gasteiger partial charge >= 0.3 is 0 Å². The lowest BCUT2D eigenvalue weighted by Gasteiger charge is -2.27. The summed E-state index contributed by atoms with van der Waals surface area (Å²) in [6.07, 6.45) is 6.06. The van der Waals surface area contributed by atoms with Gasteiger partial charge in [-0.1, -0.05) is 13.8 Å². The third kappa shape index (κ3) is 3.70. The van der Waals surface area contributed by atoms with Crippen molar-refractivity contribution in [2.45, 2.75) is 52.7 Å². The minimum Gasteiger partial charge on any atom is -0.490 e. The minimum atomic E-state index is 0.427. The van der Waals surface area contributed by atoms with Gasteiger partial charge in [0.25, 0.3) is 0 Å². The normalized spacial score (nSPS) is 15.8. The molecule has 1 heterocycles. The Morgan fingerprint density at radius 2 is 2.22 bits per heavy atom. The predicted octanol–water partition coefficient (Wildman–Crippen LogP) is 3.07. The van der Waals surface area contributed by atoms with Gasteiger partial charge in [0.05, 0.1) is 6.10 Å². The Morgan fingerprint density at radius 1 is 1.44 bits per heavy atom. The molecule has 1 N–H and O–H groups in total. The first-order valence-electron chi connectivity index (χ1n) is 6.98. The van der Waals surface area contributed by atoms with Gasteiger partial charge in [-0.15, -0.1) is 0 Å². The summed E-state index contributed by atoms with van der Waals surface area (Å²) >= 11 is 0. The van der Waals surface area contributed by atoms with Gasteiger partial charge in [-0.2, -0.15) is 0 Å². The molecule has 0 unspecified atom stereocenters. The van der Waals surface area contributed by atoms with E-state index in [0.29, 0.717) is 12.0 Å². The summed E-state index contributed by atoms with van der Waals surface area (Å²) in [5.41, 5.74) is 2.20. The third-order valence-electron chi connectivity index (χ3n) is 3.29. The summed E-state index contributed by atoms with van der Waals surface area (Å²) in [6, 6.07) is 2.06. The second-order valence-electron chi connectivity index (χ2n) is 5.63. The molecule has 1 aromatic rings. The van der Waals surface area contributed by atoms with Crippen molar-refractivity contribution in [2.75, 3.05) is 6.54 Å². The Balaban J connectivity index is 1.97. The van der Waals surface area contributed by atoms with Gasteiger partial charge in [0.2, 0.25) is 0 Å². The number of aromatic nitrogens is 1. The van der Waals surface area contributed by atoms with Crippen molar-refractivity contribution in [2.24, 2.45) is 5.92 Å². The van der Waals surface area contributed by atoms with Gasteiger partial charge in [0.1, 0.15) is 5.75 Å². The van der Waals surface area contributed by atoms with Crippen LogP contribution in [0.2, 0.25) is 0 Å². The van der Waals surface area contributed by atoms with Crippen molar-refractivity contribution >= 4 is 0 Å². The van der Waals surface area contributed by atoms with Gasteiger partial charge in [-0.25, -0.2) is 0 Å². The van der Waals surface area contributed by atoms with Crippen molar-refractivity contribution in [3.05, 3.63) is 23.5 Å². The molecule has 1 aliphatic carbocycles. The highest BCUT2D eigenvalue weighted by atomic mass is 16.5. The molecule has 3 nitrogen and oxygen atoms in total. The van der Waals surface area contributed by atoms with Crippen LogP contribution >= 0.6 is 0 Å². The largest absolute Gasteiger partial charge is 0.490 e. The second-order valence-corrected chi connectivity index (χ2v) is 5.63. The molecule has 3 heteroatoms. The monoisotopic (exact) mass is 248 g/mol. The van der Waals surface area contributed by atoms with Crippen LogP contribution in [0.25, 0.3) is 0 Å². The molecule has 1 fully saturated rings. The lowest BCUT2D eigenvalue weighted by Crippen LogP contribution is -2.26. The molecule has 0 spiro atoms. The predicted molar refractivity (Wildman–Crippen MR) is 73.8 cm³/mol. The summed E-state index contributed by atoms with van der Waals surface area (Å²) in [5, 5.41) is 3.45. The summed E-state index contributed by atoms with van der Waals surface area (Å²) in [7, 11) is 0. The summed E-state index contributed by atoms with van der Waals surface area (Å²) in [6.45, 7) is 8.31. The molecule has 1 aromatic heterocycles. The van der Waals surface area contributed by atoms with Gasteiger partial charge in [0.15, 0.2) is 0 Å². The number of nitrogens with one attached hydrogen (secondary N) is 1. The number of hydrogen-bond donors (Lipinski definition) is 1. The van der Waals surface area contributed by atoms with Crippen LogP contribution in [0.5, 0.6) is 5.75 Å². The molecule has 1 saturated carbocycles. The summed E-state index contributed by atoms with van der Waals surface area (Å²) in [4.78, 5) is 4.37. The molecule has 18 heavy (non-hydrogen) atoms. The lowest BCUT2D eigenvalue weighted by atomic mass is 9.96. The van der Waals surface area contributed by atoms with E-state index in [4.69, 9.17) is 4.74 Å². The van der Waals surface area contributed by atoms with Gasteiger partial charge in [-0.05, 0) is 38.6 Å². The van der Waals surface area contributed by atoms with E-state index in [1.54, 1.807) is 0 Å². The standard InChI is InChI=1S/C15H24N2O/c1-11(2)8-16-9-13-10-17-12(3)7-15(13)18-14-5-4-6-14/h7,10-11,14,16H,4-6,8-9H2,1-3H3. The zero-order valence-corrected chi connectivity index (χ0v) is 11.7. The average Bonchev–Trinajstić information content (AvgIpc) is 2.26. The van der Waals surface area contributed by atoms with Crippen LogP contribution in [-0.4, -0.2) is 17.6 Å². The Bertz CT molecular complexity index is 386. The fraction of sp³-hybridized carbons (Fsp3) is 0.667. The van der Waals surface area contributed by atoms with Gasteiger partial charge in [-0.3, -0.25) is 4.98 Å². The first kappa shape index (κ1) is 13.3. The number of rotatable bonds is 6. The highest BCUT2D eigenvalue weighted by Gasteiger charge is 2.20. The van der Waals surface area contributed by atoms with E-state index < -0.39 is 0 Å². The number of nitrogens with zero attached hydrogens (tertiary/aromatic N) is 1. The molecule has 0 atom stereocenters. The molecule has 0 amide bonds. The number of hydrogen-bond acceptors (Lipinski definition) is 3. The molecule has 2 rings (SSSR count). The molecule has 0 aromatic carbocycles. The fourth-order valence-electron chi connectivity index (χ4n) is 1.97. The van der Waals surface area contributed by atoms with Crippen molar-refractivity contribution in [3.63, 3.8) is 0 Å². The average molecular weight is 248 g/mol. The molecular weight excluding hydrogens is 224 g/mol. The zero-order valence-electron chi connectivity index (χ0n) is 11.7. The second kappa shape index (κ2) is 6.19. The van der Waals surface area contributed by atoms with E-state index in [9.17, 15) is 0 Å². The minimum absolute atomic E-state index is 0.427. The molecule has 0 aliphatic heterocycles. The number of pyridine rings is 1. The number of aryl methyl sites for hydroxylation is 1. The Kier molecular flexibility index (Phi) is 4.59. The SMILES string of the molecule is Cc1cc(OC2CCC2)c(CNCC(C)C)cn1. The van der Waals surface area contributed by atoms with E-state index in [1.807, 2.05) is 13.1 Å². The molecular formula is C15H24N2O. The van der Waals surface area contributed by atoms with Gasteiger partial charge in [0, 0.05) is 30.1 Å². The van der Waals surface area contributed by atoms with E-state index in [-0.39, 0.29) is 0 Å². The van der Waals surface area contributed by atoms with Crippen LogP contribution in [0.4, 0.5) is 0 Å². The van der Waals surface area contributed by atoms with Crippen LogP contribution in [0.15, 0.2) is 12.3 Å². The zero-order chi connectivity index (χ0) is 13.0. The van der Waals surface area contributed by atoms with Crippen molar-refractivity contribution in [1.82, 2.24) is 10.3 Å². The van der Waals surface area contributed by atoms with E-state index in [0.717, 1.165) is 24.5 Å². The van der Waals surface area contributed by atoms with E-state index in [2.05, 4.69) is 30.2 Å². The van der Waals surface area contributed by atoms with Crippen LogP contribution in [-0.2, 0) is 6.54 Å². The Hall–Kier alpha value is -1.09. The smallest absolute Gasteiger partial charge is 0.127 e. The third-order valence-corrected chi connectivity index (χ3v) is 3.29. The van der Waals surface area contributed by atoms with Crippen LogP contribution in [0.1, 0.15) is 44.4 Å². The molecule has 0 radical (unpaired) electrons. The van der Waals surface area contributed by atoms with Crippen molar-refractivity contribution in [3.8, 4) is 5.75 Å².